The first kappa shape index (κ1) is 7.68. The molecule has 0 rings (SSSR count). The first-order valence-electron chi connectivity index (χ1n) is 2.26. The van der Waals surface area contributed by atoms with Crippen LogP contribution in [-0.4, -0.2) is 24.0 Å². The largest absolute Gasteiger partial charge is 0.457 e. The number of ether oxygens (including phenoxy) is 1. The summed E-state index contributed by atoms with van der Waals surface area (Å²) in [5, 5.41) is 10.2. The lowest BCUT2D eigenvalue weighted by Crippen LogP contribution is -2.04. The van der Waals surface area contributed by atoms with Crippen LogP contribution in [0.1, 0.15) is 0 Å². The van der Waals surface area contributed by atoms with Crippen LogP contribution in [0, 0.1) is 0 Å². The average Bonchev–Trinajstić information content (AvgIpc) is 1.85. The van der Waals surface area contributed by atoms with E-state index in [1.165, 1.54) is 6.08 Å². The Labute approximate surface area is 52.4 Å². The van der Waals surface area contributed by atoms with Crippen LogP contribution in [0.15, 0.2) is 17.8 Å². The summed E-state index contributed by atoms with van der Waals surface area (Å²) in [5.41, 5.74) is 0. The number of nitrogens with zero attached hydrogens (tertiary/aromatic N) is 1. The van der Waals surface area contributed by atoms with E-state index in [0.717, 1.165) is 0 Å². The molecular weight excluding hydrogens is 122 g/mol. The number of hydrogen-bond donors (Lipinski definition) is 1. The number of oxime groups is 1. The van der Waals surface area contributed by atoms with Crippen molar-refractivity contribution in [2.45, 2.75) is 0 Å². The van der Waals surface area contributed by atoms with Gasteiger partial charge in [0.1, 0.15) is 6.61 Å². The zero-order chi connectivity index (χ0) is 7.11. The smallest absolute Gasteiger partial charge is 0.353 e. The Balaban J connectivity index is 3.38. The quantitative estimate of drug-likeness (QED) is 0.194. The molecule has 4 nitrogen and oxygen atoms in total. The molecule has 1 N–H and O–H groups in total. The van der Waals surface area contributed by atoms with E-state index in [-0.39, 0.29) is 6.61 Å². The third-order valence-electron chi connectivity index (χ3n) is 0.507. The molecule has 0 aromatic heterocycles. The Bertz CT molecular complexity index is 130. The van der Waals surface area contributed by atoms with Crippen molar-refractivity contribution < 1.29 is 14.7 Å². The lowest BCUT2D eigenvalue weighted by Gasteiger charge is -1.91. The minimum Gasteiger partial charge on any atom is -0.457 e. The number of esters is 1. The van der Waals surface area contributed by atoms with Gasteiger partial charge in [0.15, 0.2) is 6.21 Å². The Morgan fingerprint density at radius 1 is 1.89 bits per heavy atom. The molecule has 0 aliphatic heterocycles. The normalized spacial score (nSPS) is 9.33. The lowest BCUT2D eigenvalue weighted by molar-refractivity contribution is -0.133. The second kappa shape index (κ2) is 4.83. The van der Waals surface area contributed by atoms with E-state index in [0.29, 0.717) is 6.21 Å². The van der Waals surface area contributed by atoms with E-state index < -0.39 is 5.97 Å². The van der Waals surface area contributed by atoms with Crippen molar-refractivity contribution in [3.63, 3.8) is 0 Å². The van der Waals surface area contributed by atoms with E-state index in [1.54, 1.807) is 0 Å². The standard InChI is InChI=1S/C5H7NO3/c1-2-3-9-5(7)4-6-8/h2,4,8H,1,3H2. The van der Waals surface area contributed by atoms with Crippen molar-refractivity contribution in [3.8, 4) is 0 Å². The monoisotopic (exact) mass is 129 g/mol. The van der Waals surface area contributed by atoms with Crippen LogP contribution in [0.2, 0.25) is 0 Å². The van der Waals surface area contributed by atoms with E-state index in [4.69, 9.17) is 5.21 Å². The van der Waals surface area contributed by atoms with Crippen LogP contribution in [0.5, 0.6) is 0 Å². The van der Waals surface area contributed by atoms with Gasteiger partial charge in [-0.05, 0) is 0 Å². The van der Waals surface area contributed by atoms with Crippen molar-refractivity contribution in [2.75, 3.05) is 6.61 Å². The van der Waals surface area contributed by atoms with Crippen LogP contribution in [0.3, 0.4) is 0 Å². The molecule has 0 atom stereocenters. The lowest BCUT2D eigenvalue weighted by atomic mass is 10.7. The average molecular weight is 129 g/mol. The predicted octanol–water partition coefficient (Wildman–Crippen LogP) is 0.176. The molecule has 0 amide bonds. The summed E-state index contributed by atoms with van der Waals surface area (Å²) in [6.07, 6.45) is 2.09. The maximum absolute atomic E-state index is 10.2. The van der Waals surface area contributed by atoms with Gasteiger partial charge in [-0.25, -0.2) is 4.79 Å². The first-order valence-corrected chi connectivity index (χ1v) is 2.26. The highest BCUT2D eigenvalue weighted by Crippen LogP contribution is 1.73. The van der Waals surface area contributed by atoms with Gasteiger partial charge >= 0.3 is 5.97 Å². The van der Waals surface area contributed by atoms with Gasteiger partial charge in [0.25, 0.3) is 0 Å². The Morgan fingerprint density at radius 2 is 2.56 bits per heavy atom. The number of rotatable bonds is 3. The fourth-order valence-corrected chi connectivity index (χ4v) is 0.225. The number of carbonyl (C=O) groups excluding carboxylic acids is 1. The van der Waals surface area contributed by atoms with Crippen molar-refractivity contribution >= 4 is 12.2 Å². The summed E-state index contributed by atoms with van der Waals surface area (Å²) in [4.78, 5) is 10.2. The van der Waals surface area contributed by atoms with Gasteiger partial charge < -0.3 is 9.94 Å². The molecule has 0 aliphatic carbocycles. The predicted molar refractivity (Wildman–Crippen MR) is 31.4 cm³/mol. The van der Waals surface area contributed by atoms with E-state index in [9.17, 15) is 4.79 Å². The molecule has 0 radical (unpaired) electrons. The van der Waals surface area contributed by atoms with Crippen molar-refractivity contribution in [2.24, 2.45) is 5.16 Å². The molecule has 0 saturated heterocycles. The van der Waals surface area contributed by atoms with Crippen molar-refractivity contribution in [1.82, 2.24) is 0 Å². The highest BCUT2D eigenvalue weighted by molar-refractivity contribution is 6.22. The third kappa shape index (κ3) is 4.53. The molecule has 0 bridgehead atoms. The van der Waals surface area contributed by atoms with Gasteiger partial charge in [0.05, 0.1) is 0 Å². The number of hydrogen-bond acceptors (Lipinski definition) is 4. The van der Waals surface area contributed by atoms with Crippen LogP contribution in [0.4, 0.5) is 0 Å². The number of carbonyl (C=O) groups is 1. The third-order valence-corrected chi connectivity index (χ3v) is 0.507. The molecular formula is C5H7NO3. The van der Waals surface area contributed by atoms with Crippen LogP contribution in [0.25, 0.3) is 0 Å². The summed E-state index contributed by atoms with van der Waals surface area (Å²) < 4.78 is 4.37. The first-order chi connectivity index (χ1) is 4.31. The molecule has 50 valence electrons. The second-order valence-electron chi connectivity index (χ2n) is 1.16. The summed E-state index contributed by atoms with van der Waals surface area (Å²) in [7, 11) is 0. The molecule has 4 heteroatoms. The van der Waals surface area contributed by atoms with Crippen LogP contribution >= 0.6 is 0 Å². The second-order valence-corrected chi connectivity index (χ2v) is 1.16. The molecule has 0 spiro atoms. The SMILES string of the molecule is C=CCOC(=O)C=NO. The van der Waals surface area contributed by atoms with Gasteiger partial charge in [-0.15, -0.1) is 0 Å². The summed E-state index contributed by atoms with van der Waals surface area (Å²) >= 11 is 0. The van der Waals surface area contributed by atoms with Crippen molar-refractivity contribution in [1.29, 1.82) is 0 Å². The molecule has 0 fully saturated rings. The topological polar surface area (TPSA) is 58.9 Å². The Morgan fingerprint density at radius 3 is 3.00 bits per heavy atom. The molecule has 9 heavy (non-hydrogen) atoms. The van der Waals surface area contributed by atoms with Crippen LogP contribution in [-0.2, 0) is 9.53 Å². The fourth-order valence-electron chi connectivity index (χ4n) is 0.225. The molecule has 0 aliphatic rings. The zero-order valence-electron chi connectivity index (χ0n) is 4.78. The zero-order valence-corrected chi connectivity index (χ0v) is 4.78. The minimum atomic E-state index is -0.683. The Kier molecular flexibility index (Phi) is 4.12. The molecule has 0 saturated carbocycles. The van der Waals surface area contributed by atoms with E-state index in [2.05, 4.69) is 16.5 Å². The van der Waals surface area contributed by atoms with E-state index in [1.807, 2.05) is 0 Å². The van der Waals surface area contributed by atoms with Crippen molar-refractivity contribution in [3.05, 3.63) is 12.7 Å². The van der Waals surface area contributed by atoms with E-state index >= 15 is 0 Å². The minimum absolute atomic E-state index is 0.130. The summed E-state index contributed by atoms with van der Waals surface area (Å²) in [6, 6.07) is 0. The fraction of sp³-hybridized carbons (Fsp3) is 0.200. The maximum atomic E-state index is 10.2. The maximum Gasteiger partial charge on any atom is 0.353 e. The Hall–Kier alpha value is -1.32. The molecule has 0 unspecified atom stereocenters. The highest BCUT2D eigenvalue weighted by Gasteiger charge is 1.92. The summed E-state index contributed by atoms with van der Waals surface area (Å²) in [5.74, 6) is -0.683. The molecule has 0 heterocycles. The van der Waals surface area contributed by atoms with Crippen LogP contribution < -0.4 is 0 Å². The van der Waals surface area contributed by atoms with Gasteiger partial charge in [0, 0.05) is 0 Å². The molecule has 0 aromatic rings. The van der Waals surface area contributed by atoms with Gasteiger partial charge in [0.2, 0.25) is 0 Å². The molecule has 0 aromatic carbocycles. The highest BCUT2D eigenvalue weighted by atomic mass is 16.5. The van der Waals surface area contributed by atoms with Gasteiger partial charge in [-0.3, -0.25) is 0 Å². The summed E-state index contributed by atoms with van der Waals surface area (Å²) in [6.45, 7) is 3.44. The van der Waals surface area contributed by atoms with Gasteiger partial charge in [-0.1, -0.05) is 17.8 Å². The van der Waals surface area contributed by atoms with Gasteiger partial charge in [-0.2, -0.15) is 0 Å².